The van der Waals surface area contributed by atoms with Crippen molar-refractivity contribution >= 4 is 21.1 Å². The Morgan fingerprint density at radius 2 is 1.97 bits per heavy atom. The molecule has 1 aliphatic carbocycles. The molecule has 0 saturated carbocycles. The van der Waals surface area contributed by atoms with Crippen molar-refractivity contribution in [3.05, 3.63) is 76.5 Å². The van der Waals surface area contributed by atoms with Gasteiger partial charge in [0.1, 0.15) is 23.6 Å². The number of hydrogen-bond donors (Lipinski definition) is 1. The highest BCUT2D eigenvalue weighted by Crippen LogP contribution is 2.26. The number of rotatable bonds is 6. The molecule has 0 bridgehead atoms. The molecule has 0 radical (unpaired) electrons. The number of nitrogens with zero attached hydrogens (tertiary/aromatic N) is 1. The van der Waals surface area contributed by atoms with E-state index in [9.17, 15) is 13.2 Å². The molecule has 0 atom stereocenters. The first kappa shape index (κ1) is 13.9. The van der Waals surface area contributed by atoms with Crippen LogP contribution in [0.1, 0.15) is 19.3 Å². The van der Waals surface area contributed by atoms with Crippen LogP contribution in [0.5, 0.6) is 5.75 Å². The fourth-order valence-electron chi connectivity index (χ4n) is 2.73. The minimum atomic E-state index is -4.40. The van der Waals surface area contributed by atoms with Crippen molar-refractivity contribution in [2.45, 2.75) is 18.4 Å². The number of fused-ring (bicyclic) bond motifs is 2. The van der Waals surface area contributed by atoms with Gasteiger partial charge in [-0.2, -0.15) is 0 Å². The zero-order valence-corrected chi connectivity index (χ0v) is 15.7. The second-order valence-electron chi connectivity index (χ2n) is 6.14. The molecule has 0 fully saturated rings. The van der Waals surface area contributed by atoms with Crippen molar-refractivity contribution in [3.8, 4) is 17.2 Å². The number of sulfonamides is 1. The third-order valence-corrected chi connectivity index (χ3v) is 5.41. The SMILES string of the molecule is [2H]C([2H])([2H])C([2H])([2H])NS(=O)(=O)c1ccc(COc2ccc3nc4ccc(=O)cc-4oc3c2)cc1. The number of hydrogen-bond acceptors (Lipinski definition) is 6. The summed E-state index contributed by atoms with van der Waals surface area (Å²) < 4.78 is 74.1. The Labute approximate surface area is 174 Å². The summed E-state index contributed by atoms with van der Waals surface area (Å²) in [5.74, 6) is 0.811. The van der Waals surface area contributed by atoms with Gasteiger partial charge in [0.25, 0.3) is 0 Å². The smallest absolute Gasteiger partial charge is 0.240 e. The van der Waals surface area contributed by atoms with Gasteiger partial charge in [-0.1, -0.05) is 19.0 Å². The Kier molecular flexibility index (Phi) is 3.66. The Morgan fingerprint density at radius 3 is 2.76 bits per heavy atom. The van der Waals surface area contributed by atoms with Gasteiger partial charge in [-0.15, -0.1) is 0 Å². The maximum absolute atomic E-state index is 12.4. The van der Waals surface area contributed by atoms with Gasteiger partial charge in [-0.25, -0.2) is 18.1 Å². The van der Waals surface area contributed by atoms with E-state index >= 15 is 0 Å². The molecule has 4 rings (SSSR count). The Hall–Kier alpha value is -3.23. The third-order valence-electron chi connectivity index (χ3n) is 4.15. The lowest BCUT2D eigenvalue weighted by Gasteiger charge is -2.10. The van der Waals surface area contributed by atoms with Crippen molar-refractivity contribution in [3.63, 3.8) is 0 Å². The Bertz CT molecular complexity index is 1480. The van der Waals surface area contributed by atoms with E-state index in [-0.39, 0.29) is 16.9 Å². The molecule has 2 aliphatic rings. The molecule has 7 nitrogen and oxygen atoms in total. The Morgan fingerprint density at radius 1 is 1.14 bits per heavy atom. The first-order chi connectivity index (χ1) is 15.8. The lowest BCUT2D eigenvalue weighted by molar-refractivity contribution is 0.306. The molecular weight excluding hydrogens is 392 g/mol. The summed E-state index contributed by atoms with van der Waals surface area (Å²) in [5.41, 5.74) is 1.98. The van der Waals surface area contributed by atoms with E-state index in [4.69, 9.17) is 16.0 Å². The first-order valence-electron chi connectivity index (χ1n) is 10.9. The van der Waals surface area contributed by atoms with E-state index in [1.807, 2.05) is 0 Å². The predicted molar refractivity (Wildman–Crippen MR) is 109 cm³/mol. The molecule has 0 saturated heterocycles. The highest BCUT2D eigenvalue weighted by molar-refractivity contribution is 7.89. The standard InChI is InChI=1S/C21H18N2O5S/c1-2-22-29(25,26)17-7-3-14(4-8-17)13-27-16-6-10-19-21(12-16)28-20-11-15(24)5-9-18(20)23-19/h3-12,22H,2,13H2,1H3/i1D3,2D2. The summed E-state index contributed by atoms with van der Waals surface area (Å²) in [6.07, 6.45) is 0. The molecule has 2 aromatic carbocycles. The minimum absolute atomic E-state index is 0.0844. The normalized spacial score (nSPS) is 15.2. The third kappa shape index (κ3) is 4.13. The van der Waals surface area contributed by atoms with Crippen LogP contribution >= 0.6 is 0 Å². The molecule has 29 heavy (non-hydrogen) atoms. The summed E-state index contributed by atoms with van der Waals surface area (Å²) in [6, 6.07) is 14.8. The fraction of sp³-hybridized carbons (Fsp3) is 0.143. The maximum Gasteiger partial charge on any atom is 0.240 e. The molecule has 1 aliphatic heterocycles. The molecule has 148 valence electrons. The number of benzene rings is 3. The Balaban J connectivity index is 1.48. The lowest BCUT2D eigenvalue weighted by atomic mass is 10.2. The van der Waals surface area contributed by atoms with Crippen LogP contribution in [0.15, 0.2) is 74.8 Å². The van der Waals surface area contributed by atoms with Crippen LogP contribution < -0.4 is 14.9 Å². The molecule has 1 heterocycles. The quantitative estimate of drug-likeness (QED) is 0.486. The molecular formula is C21H18N2O5S. The van der Waals surface area contributed by atoms with Gasteiger partial charge in [0.15, 0.2) is 16.8 Å². The topological polar surface area (TPSA) is 98.5 Å². The zero-order valence-electron chi connectivity index (χ0n) is 19.9. The molecule has 0 spiro atoms. The first-order valence-corrected chi connectivity index (χ1v) is 9.93. The second kappa shape index (κ2) is 7.65. The summed E-state index contributed by atoms with van der Waals surface area (Å²) in [6.45, 7) is -6.20. The van der Waals surface area contributed by atoms with Crippen LogP contribution in [0.3, 0.4) is 0 Å². The van der Waals surface area contributed by atoms with E-state index in [1.165, 1.54) is 36.4 Å². The van der Waals surface area contributed by atoms with E-state index in [0.717, 1.165) is 0 Å². The van der Waals surface area contributed by atoms with E-state index in [1.54, 1.807) is 29.0 Å². The van der Waals surface area contributed by atoms with Crippen LogP contribution in [-0.4, -0.2) is 19.9 Å². The molecule has 0 aromatic heterocycles. The molecule has 1 N–H and O–H groups in total. The fourth-order valence-corrected chi connectivity index (χ4v) is 3.48. The summed E-state index contributed by atoms with van der Waals surface area (Å²) in [5, 5.41) is 0. The van der Waals surface area contributed by atoms with Crippen LogP contribution in [0.25, 0.3) is 22.6 Å². The van der Waals surface area contributed by atoms with Gasteiger partial charge < -0.3 is 9.15 Å². The van der Waals surface area contributed by atoms with Crippen molar-refractivity contribution in [2.24, 2.45) is 0 Å². The predicted octanol–water partition coefficient (Wildman–Crippen LogP) is 3.17. The van der Waals surface area contributed by atoms with Gasteiger partial charge in [-0.05, 0) is 42.0 Å². The summed E-state index contributed by atoms with van der Waals surface area (Å²) in [7, 11) is -4.40. The number of ether oxygens (including phenoxy) is 1. The van der Waals surface area contributed by atoms with E-state index < -0.39 is 23.4 Å². The highest BCUT2D eigenvalue weighted by Gasteiger charge is 2.12. The van der Waals surface area contributed by atoms with Gasteiger partial charge in [0, 0.05) is 25.5 Å². The van der Waals surface area contributed by atoms with Crippen molar-refractivity contribution in [2.75, 3.05) is 6.50 Å². The molecule has 8 heteroatoms. The molecule has 2 aromatic rings. The van der Waals surface area contributed by atoms with Crippen molar-refractivity contribution < 1.29 is 24.4 Å². The summed E-state index contributed by atoms with van der Waals surface area (Å²) in [4.78, 5) is 15.7. The van der Waals surface area contributed by atoms with Gasteiger partial charge in [-0.3, -0.25) is 4.79 Å². The highest BCUT2D eigenvalue weighted by atomic mass is 32.2. The van der Waals surface area contributed by atoms with Crippen LogP contribution in [0.2, 0.25) is 0 Å². The lowest BCUT2D eigenvalue weighted by Crippen LogP contribution is -2.23. The van der Waals surface area contributed by atoms with Crippen LogP contribution in [0.4, 0.5) is 0 Å². The average Bonchev–Trinajstić information content (AvgIpc) is 2.75. The maximum atomic E-state index is 12.4. The monoisotopic (exact) mass is 415 g/mol. The van der Waals surface area contributed by atoms with E-state index in [0.29, 0.717) is 33.9 Å². The van der Waals surface area contributed by atoms with Crippen molar-refractivity contribution in [1.29, 1.82) is 0 Å². The van der Waals surface area contributed by atoms with Gasteiger partial charge in [0.2, 0.25) is 10.0 Å². The second-order valence-corrected chi connectivity index (χ2v) is 7.82. The number of aromatic nitrogens is 1. The largest absolute Gasteiger partial charge is 0.489 e. The average molecular weight is 415 g/mol. The van der Waals surface area contributed by atoms with Crippen LogP contribution in [0, 0.1) is 0 Å². The number of nitrogens with one attached hydrogen (secondary N) is 1. The molecule has 0 unspecified atom stereocenters. The minimum Gasteiger partial charge on any atom is -0.489 e. The van der Waals surface area contributed by atoms with Gasteiger partial charge in [0.05, 0.1) is 4.90 Å². The van der Waals surface area contributed by atoms with E-state index in [2.05, 4.69) is 4.98 Å². The zero-order chi connectivity index (χ0) is 24.7. The van der Waals surface area contributed by atoms with Gasteiger partial charge >= 0.3 is 0 Å². The molecule has 0 amide bonds. The van der Waals surface area contributed by atoms with Crippen molar-refractivity contribution in [1.82, 2.24) is 9.71 Å². The van der Waals surface area contributed by atoms with Crippen LogP contribution in [-0.2, 0) is 16.6 Å². The summed E-state index contributed by atoms with van der Waals surface area (Å²) >= 11 is 0.